The van der Waals surface area contributed by atoms with Crippen LogP contribution in [0.2, 0.25) is 0 Å². The van der Waals surface area contributed by atoms with E-state index in [4.69, 9.17) is 0 Å². The first-order valence-electron chi connectivity index (χ1n) is 7.98. The molecule has 0 fully saturated rings. The van der Waals surface area contributed by atoms with E-state index < -0.39 is 22.9 Å². The van der Waals surface area contributed by atoms with Gasteiger partial charge in [-0.05, 0) is 26.0 Å². The number of halogens is 2. The van der Waals surface area contributed by atoms with Crippen molar-refractivity contribution in [1.29, 1.82) is 0 Å². The highest BCUT2D eigenvalue weighted by atomic mass is 19.1. The average Bonchev–Trinajstić information content (AvgIpc) is 3.04. The lowest BCUT2D eigenvalue weighted by atomic mass is 10.0. The Bertz CT molecular complexity index is 1290. The van der Waals surface area contributed by atoms with Crippen molar-refractivity contribution in [2.75, 3.05) is 0 Å². The quantitative estimate of drug-likeness (QED) is 0.576. The van der Waals surface area contributed by atoms with E-state index in [0.717, 1.165) is 12.1 Å². The number of nitrogens with one attached hydrogen (secondary N) is 2. The van der Waals surface area contributed by atoms with E-state index >= 15 is 0 Å². The summed E-state index contributed by atoms with van der Waals surface area (Å²) in [5.74, 6) is -1.56. The van der Waals surface area contributed by atoms with E-state index in [1.165, 1.54) is 17.7 Å². The van der Waals surface area contributed by atoms with E-state index in [1.54, 1.807) is 4.68 Å². The molecule has 2 N–H and O–H groups in total. The summed E-state index contributed by atoms with van der Waals surface area (Å²) < 4.78 is 30.7. The molecule has 1 aromatic carbocycles. The third-order valence-electron chi connectivity index (χ3n) is 4.41. The van der Waals surface area contributed by atoms with Crippen LogP contribution < -0.4 is 11.2 Å². The number of nitrogens with zero attached hydrogens (tertiary/aromatic N) is 3. The monoisotopic (exact) mass is 359 g/mol. The standard InChI is InChI=1S/C17H15F2N5O2/c1-7(2)24-15-12(16(25)22-24)11(9-5-4-8(18)6-10(9)19)13-14(20-15)21-17(26)23(13)3/h4-7H,1-3H3,(H,22,25)(H,20,21,26). The maximum absolute atomic E-state index is 14.6. The SMILES string of the molecule is CC(C)n1[nH]c(=O)c2c(-c3ccc(F)cc3F)c3c(nc21)[nH]c(=O)n3C. The van der Waals surface area contributed by atoms with Gasteiger partial charge in [-0.25, -0.2) is 18.6 Å². The van der Waals surface area contributed by atoms with E-state index in [0.29, 0.717) is 0 Å². The van der Waals surface area contributed by atoms with Crippen LogP contribution in [0.4, 0.5) is 8.78 Å². The molecule has 9 heteroatoms. The van der Waals surface area contributed by atoms with E-state index in [1.807, 2.05) is 13.8 Å². The molecule has 134 valence electrons. The number of H-pyrrole nitrogens is 2. The van der Waals surface area contributed by atoms with Gasteiger partial charge in [-0.1, -0.05) is 0 Å². The summed E-state index contributed by atoms with van der Waals surface area (Å²) in [4.78, 5) is 31.7. The molecule has 3 heterocycles. The molecule has 0 radical (unpaired) electrons. The molecule has 0 aliphatic carbocycles. The Morgan fingerprint density at radius 3 is 2.58 bits per heavy atom. The number of aryl methyl sites for hydroxylation is 1. The summed E-state index contributed by atoms with van der Waals surface area (Å²) in [7, 11) is 1.49. The van der Waals surface area contributed by atoms with Crippen LogP contribution in [0.1, 0.15) is 19.9 Å². The van der Waals surface area contributed by atoms with Gasteiger partial charge < -0.3 is 0 Å². The van der Waals surface area contributed by atoms with Gasteiger partial charge in [0.05, 0.1) is 10.9 Å². The van der Waals surface area contributed by atoms with Crippen LogP contribution in [-0.4, -0.2) is 24.3 Å². The van der Waals surface area contributed by atoms with Crippen LogP contribution in [0, 0.1) is 11.6 Å². The summed E-state index contributed by atoms with van der Waals surface area (Å²) in [6.45, 7) is 3.71. The lowest BCUT2D eigenvalue weighted by molar-refractivity contribution is 0.542. The van der Waals surface area contributed by atoms with Crippen LogP contribution in [0.15, 0.2) is 27.8 Å². The Hall–Kier alpha value is -3.23. The minimum absolute atomic E-state index is 0.0189. The van der Waals surface area contributed by atoms with E-state index in [2.05, 4.69) is 15.1 Å². The lowest BCUT2D eigenvalue weighted by Gasteiger charge is -2.10. The fourth-order valence-corrected chi connectivity index (χ4v) is 3.20. The number of aromatic amines is 2. The highest BCUT2D eigenvalue weighted by molar-refractivity contribution is 6.06. The van der Waals surface area contributed by atoms with Crippen molar-refractivity contribution in [3.8, 4) is 11.1 Å². The number of hydrogen-bond donors (Lipinski definition) is 2. The number of imidazole rings is 1. The molecule has 0 amide bonds. The lowest BCUT2D eigenvalue weighted by Crippen LogP contribution is -2.12. The fraction of sp³-hybridized carbons (Fsp3) is 0.235. The Labute approximate surface area is 144 Å². The summed E-state index contributed by atoms with van der Waals surface area (Å²) in [6.07, 6.45) is 0. The van der Waals surface area contributed by atoms with Crippen LogP contribution in [0.3, 0.4) is 0 Å². The molecule has 4 aromatic rings. The Kier molecular flexibility index (Phi) is 3.36. The molecular formula is C17H15F2N5O2. The molecule has 0 unspecified atom stereocenters. The normalized spacial score (nSPS) is 11.9. The number of aromatic nitrogens is 5. The van der Waals surface area contributed by atoms with Crippen LogP contribution >= 0.6 is 0 Å². The van der Waals surface area contributed by atoms with Gasteiger partial charge in [0.25, 0.3) is 5.56 Å². The molecular weight excluding hydrogens is 344 g/mol. The number of benzene rings is 1. The number of hydrogen-bond acceptors (Lipinski definition) is 3. The molecule has 3 aromatic heterocycles. The zero-order valence-corrected chi connectivity index (χ0v) is 14.2. The van der Waals surface area contributed by atoms with Crippen molar-refractivity contribution >= 4 is 22.2 Å². The van der Waals surface area contributed by atoms with Gasteiger partial charge in [0.15, 0.2) is 11.3 Å². The number of fused-ring (bicyclic) bond motifs is 2. The minimum Gasteiger partial charge on any atom is -0.293 e. The summed E-state index contributed by atoms with van der Waals surface area (Å²) in [5.41, 5.74) is 0.0940. The van der Waals surface area contributed by atoms with Gasteiger partial charge in [0.1, 0.15) is 11.6 Å². The largest absolute Gasteiger partial charge is 0.327 e. The maximum Gasteiger partial charge on any atom is 0.327 e. The molecule has 0 spiro atoms. The molecule has 0 aliphatic heterocycles. The summed E-state index contributed by atoms with van der Waals surface area (Å²) in [6, 6.07) is 2.98. The first-order chi connectivity index (χ1) is 12.3. The Morgan fingerprint density at radius 2 is 1.92 bits per heavy atom. The molecule has 7 nitrogen and oxygen atoms in total. The van der Waals surface area contributed by atoms with Gasteiger partial charge in [-0.3, -0.25) is 24.1 Å². The second-order valence-electron chi connectivity index (χ2n) is 6.40. The average molecular weight is 359 g/mol. The Morgan fingerprint density at radius 1 is 1.19 bits per heavy atom. The van der Waals surface area contributed by atoms with Crippen molar-refractivity contribution in [2.24, 2.45) is 7.05 Å². The van der Waals surface area contributed by atoms with Gasteiger partial charge in [0, 0.05) is 30.3 Å². The highest BCUT2D eigenvalue weighted by Gasteiger charge is 2.24. The van der Waals surface area contributed by atoms with Gasteiger partial charge >= 0.3 is 5.69 Å². The van der Waals surface area contributed by atoms with Crippen molar-refractivity contribution in [2.45, 2.75) is 19.9 Å². The molecule has 0 atom stereocenters. The highest BCUT2D eigenvalue weighted by Crippen LogP contribution is 2.34. The van der Waals surface area contributed by atoms with Crippen molar-refractivity contribution in [3.05, 3.63) is 50.7 Å². The fourth-order valence-electron chi connectivity index (χ4n) is 3.20. The number of pyridine rings is 1. The molecule has 4 rings (SSSR count). The molecule has 0 bridgehead atoms. The Balaban J connectivity index is 2.31. The first-order valence-corrected chi connectivity index (χ1v) is 7.98. The second kappa shape index (κ2) is 5.38. The topological polar surface area (TPSA) is 88.5 Å². The van der Waals surface area contributed by atoms with Crippen LogP contribution in [0.25, 0.3) is 33.3 Å². The molecule has 0 aliphatic rings. The smallest absolute Gasteiger partial charge is 0.293 e. The number of rotatable bonds is 2. The van der Waals surface area contributed by atoms with Crippen molar-refractivity contribution < 1.29 is 8.78 Å². The van der Waals surface area contributed by atoms with Crippen molar-refractivity contribution in [3.63, 3.8) is 0 Å². The summed E-state index contributed by atoms with van der Waals surface area (Å²) in [5, 5.41) is 2.84. The van der Waals surface area contributed by atoms with Gasteiger partial charge in [-0.15, -0.1) is 0 Å². The van der Waals surface area contributed by atoms with Gasteiger partial charge in [0.2, 0.25) is 0 Å². The van der Waals surface area contributed by atoms with Crippen molar-refractivity contribution in [1.82, 2.24) is 24.3 Å². The third kappa shape index (κ3) is 2.13. The second-order valence-corrected chi connectivity index (χ2v) is 6.40. The van der Waals surface area contributed by atoms with Crippen LogP contribution in [-0.2, 0) is 7.05 Å². The first kappa shape index (κ1) is 16.2. The zero-order valence-electron chi connectivity index (χ0n) is 14.2. The predicted octanol–water partition coefficient (Wildman–Crippen LogP) is 2.43. The predicted molar refractivity (Wildman–Crippen MR) is 93.2 cm³/mol. The zero-order chi connectivity index (χ0) is 18.7. The van der Waals surface area contributed by atoms with E-state index in [-0.39, 0.29) is 39.4 Å². The maximum atomic E-state index is 14.6. The third-order valence-corrected chi connectivity index (χ3v) is 4.41. The molecule has 0 saturated heterocycles. The molecule has 0 saturated carbocycles. The van der Waals surface area contributed by atoms with Crippen LogP contribution in [0.5, 0.6) is 0 Å². The minimum atomic E-state index is -0.829. The summed E-state index contributed by atoms with van der Waals surface area (Å²) >= 11 is 0. The molecule has 26 heavy (non-hydrogen) atoms. The van der Waals surface area contributed by atoms with E-state index in [9.17, 15) is 18.4 Å². The van der Waals surface area contributed by atoms with Gasteiger partial charge in [-0.2, -0.15) is 0 Å².